The Labute approximate surface area is 179 Å². The number of carbonyl (C=O) groups excluding carboxylic acids is 1. The van der Waals surface area contributed by atoms with Gasteiger partial charge in [0.15, 0.2) is 5.17 Å². The van der Waals surface area contributed by atoms with Crippen LogP contribution < -0.4 is 4.90 Å². The fraction of sp³-hybridized carbons (Fsp3) is 0.143. The second-order valence-electron chi connectivity index (χ2n) is 6.29. The predicted octanol–water partition coefficient (Wildman–Crippen LogP) is 5.85. The number of hydrogen-bond donors (Lipinski definition) is 0. The van der Waals surface area contributed by atoms with Gasteiger partial charge < -0.3 is 4.90 Å². The second-order valence-corrected chi connectivity index (χ2v) is 8.12. The van der Waals surface area contributed by atoms with E-state index in [1.807, 2.05) is 49.3 Å². The van der Waals surface area contributed by atoms with Crippen LogP contribution in [0.25, 0.3) is 6.08 Å². The van der Waals surface area contributed by atoms with Crippen molar-refractivity contribution in [3.05, 3.63) is 75.6 Å². The summed E-state index contributed by atoms with van der Waals surface area (Å²) in [6, 6.07) is 13.1. The van der Waals surface area contributed by atoms with Crippen molar-refractivity contribution >= 4 is 63.5 Å². The van der Waals surface area contributed by atoms with Gasteiger partial charge in [-0.2, -0.15) is 0 Å². The fourth-order valence-corrected chi connectivity index (χ4v) is 3.87. The van der Waals surface area contributed by atoms with Gasteiger partial charge in [0, 0.05) is 26.3 Å². The molecule has 144 valence electrons. The summed E-state index contributed by atoms with van der Waals surface area (Å²) in [5.74, 6) is -0.0969. The van der Waals surface area contributed by atoms with Crippen LogP contribution in [-0.4, -0.2) is 36.6 Å². The standard InChI is InChI=1S/C21H19Cl2N3OS/c1-4-11-26-20(27)19(12-14-5-8-16(9-6-14)25(2)3)28-21(26)24-15-7-10-17(22)18(23)13-15/h4-10,12-13H,1,11H2,2-3H3/b19-12-,24-21?. The maximum Gasteiger partial charge on any atom is 0.267 e. The minimum atomic E-state index is -0.0969. The first-order valence-electron chi connectivity index (χ1n) is 8.52. The number of rotatable bonds is 5. The largest absolute Gasteiger partial charge is 0.378 e. The molecule has 0 atom stereocenters. The Morgan fingerprint density at radius 2 is 1.86 bits per heavy atom. The van der Waals surface area contributed by atoms with Gasteiger partial charge in [-0.1, -0.05) is 41.4 Å². The van der Waals surface area contributed by atoms with Gasteiger partial charge >= 0.3 is 0 Å². The van der Waals surface area contributed by atoms with Crippen LogP contribution in [0.15, 0.2) is 65.0 Å². The van der Waals surface area contributed by atoms with Crippen molar-refractivity contribution in [2.45, 2.75) is 0 Å². The molecule has 3 rings (SSSR count). The maximum absolute atomic E-state index is 12.8. The van der Waals surface area contributed by atoms with Gasteiger partial charge in [0.05, 0.1) is 20.6 Å². The Hall–Kier alpha value is -2.21. The van der Waals surface area contributed by atoms with E-state index in [1.54, 1.807) is 29.2 Å². The molecule has 1 heterocycles. The van der Waals surface area contributed by atoms with Crippen molar-refractivity contribution in [3.8, 4) is 0 Å². The molecule has 7 heteroatoms. The highest BCUT2D eigenvalue weighted by Gasteiger charge is 2.32. The van der Waals surface area contributed by atoms with Crippen LogP contribution in [-0.2, 0) is 4.79 Å². The third kappa shape index (κ3) is 4.61. The van der Waals surface area contributed by atoms with Gasteiger partial charge in [-0.05, 0) is 53.7 Å². The molecule has 2 aromatic carbocycles. The summed E-state index contributed by atoms with van der Waals surface area (Å²) in [6.07, 6.45) is 3.55. The molecule has 1 aliphatic rings. The summed E-state index contributed by atoms with van der Waals surface area (Å²) in [5, 5.41) is 1.47. The minimum absolute atomic E-state index is 0.0969. The number of anilines is 1. The van der Waals surface area contributed by atoms with Gasteiger partial charge in [-0.25, -0.2) is 4.99 Å². The number of hydrogen-bond acceptors (Lipinski definition) is 4. The summed E-state index contributed by atoms with van der Waals surface area (Å²) in [7, 11) is 3.98. The molecular formula is C21H19Cl2N3OS. The lowest BCUT2D eigenvalue weighted by Gasteiger charge is -2.12. The SMILES string of the molecule is C=CCN1C(=O)/C(=C/c2ccc(N(C)C)cc2)SC1=Nc1ccc(Cl)c(Cl)c1. The lowest BCUT2D eigenvalue weighted by molar-refractivity contribution is -0.121. The number of amides is 1. The Balaban J connectivity index is 1.92. The van der Waals surface area contributed by atoms with E-state index >= 15 is 0 Å². The van der Waals surface area contributed by atoms with E-state index in [9.17, 15) is 4.79 Å². The van der Waals surface area contributed by atoms with Crippen molar-refractivity contribution in [1.82, 2.24) is 4.90 Å². The Bertz CT molecular complexity index is 968. The molecule has 0 spiro atoms. The number of halogens is 2. The Morgan fingerprint density at radius 3 is 2.46 bits per heavy atom. The monoisotopic (exact) mass is 431 g/mol. The van der Waals surface area contributed by atoms with E-state index in [1.165, 1.54) is 11.8 Å². The summed E-state index contributed by atoms with van der Waals surface area (Å²) < 4.78 is 0. The smallest absolute Gasteiger partial charge is 0.267 e. The average Bonchev–Trinajstić information content (AvgIpc) is 2.94. The van der Waals surface area contributed by atoms with Crippen molar-refractivity contribution in [3.63, 3.8) is 0 Å². The first-order chi connectivity index (χ1) is 13.4. The number of carbonyl (C=O) groups is 1. The quantitative estimate of drug-likeness (QED) is 0.439. The average molecular weight is 432 g/mol. The topological polar surface area (TPSA) is 35.9 Å². The van der Waals surface area contributed by atoms with Crippen LogP contribution in [0.2, 0.25) is 10.0 Å². The van der Waals surface area contributed by atoms with Crippen molar-refractivity contribution in [1.29, 1.82) is 0 Å². The van der Waals surface area contributed by atoms with E-state index in [0.717, 1.165) is 11.3 Å². The van der Waals surface area contributed by atoms with E-state index in [0.29, 0.717) is 32.4 Å². The molecule has 2 aromatic rings. The van der Waals surface area contributed by atoms with Crippen LogP contribution in [0.4, 0.5) is 11.4 Å². The summed E-state index contributed by atoms with van der Waals surface area (Å²) in [5.41, 5.74) is 2.69. The molecule has 0 radical (unpaired) electrons. The highest BCUT2D eigenvalue weighted by Crippen LogP contribution is 2.35. The molecule has 0 aliphatic carbocycles. The van der Waals surface area contributed by atoms with Crippen molar-refractivity contribution < 1.29 is 4.79 Å². The first kappa shape index (κ1) is 20.5. The molecule has 0 N–H and O–H groups in total. The molecule has 0 saturated carbocycles. The fourth-order valence-electron chi connectivity index (χ4n) is 2.57. The lowest BCUT2D eigenvalue weighted by atomic mass is 10.2. The number of thioether (sulfide) groups is 1. The van der Waals surface area contributed by atoms with Crippen LogP contribution in [0.5, 0.6) is 0 Å². The zero-order valence-electron chi connectivity index (χ0n) is 15.5. The lowest BCUT2D eigenvalue weighted by Crippen LogP contribution is -2.29. The molecule has 4 nitrogen and oxygen atoms in total. The van der Waals surface area contributed by atoms with Gasteiger partial charge in [0.25, 0.3) is 5.91 Å². The number of benzene rings is 2. The second kappa shape index (κ2) is 8.86. The molecule has 0 aromatic heterocycles. The summed E-state index contributed by atoms with van der Waals surface area (Å²) in [4.78, 5) is 21.7. The molecule has 1 saturated heterocycles. The number of amidine groups is 1. The van der Waals surface area contributed by atoms with E-state index in [2.05, 4.69) is 11.6 Å². The maximum atomic E-state index is 12.8. The van der Waals surface area contributed by atoms with Gasteiger partial charge in [0.2, 0.25) is 0 Å². The van der Waals surface area contributed by atoms with Gasteiger partial charge in [0.1, 0.15) is 0 Å². The van der Waals surface area contributed by atoms with Crippen LogP contribution in [0, 0.1) is 0 Å². The molecule has 0 unspecified atom stereocenters. The van der Waals surface area contributed by atoms with E-state index in [4.69, 9.17) is 23.2 Å². The third-order valence-electron chi connectivity index (χ3n) is 4.03. The van der Waals surface area contributed by atoms with Gasteiger partial charge in [-0.3, -0.25) is 9.69 Å². The van der Waals surface area contributed by atoms with E-state index in [-0.39, 0.29) is 5.91 Å². The van der Waals surface area contributed by atoms with E-state index < -0.39 is 0 Å². The number of aliphatic imine (C=N–C) groups is 1. The Kier molecular flexibility index (Phi) is 6.50. The van der Waals surface area contributed by atoms with Gasteiger partial charge in [-0.15, -0.1) is 6.58 Å². The number of nitrogens with zero attached hydrogens (tertiary/aromatic N) is 3. The van der Waals surface area contributed by atoms with Crippen molar-refractivity contribution in [2.24, 2.45) is 4.99 Å². The normalized spacial score (nSPS) is 16.9. The highest BCUT2D eigenvalue weighted by atomic mass is 35.5. The molecule has 0 bridgehead atoms. The zero-order chi connectivity index (χ0) is 20.3. The summed E-state index contributed by atoms with van der Waals surface area (Å²) in [6.45, 7) is 4.12. The predicted molar refractivity (Wildman–Crippen MR) is 122 cm³/mol. The van der Waals surface area contributed by atoms with Crippen LogP contribution in [0.1, 0.15) is 5.56 Å². The van der Waals surface area contributed by atoms with Crippen LogP contribution in [0.3, 0.4) is 0 Å². The highest BCUT2D eigenvalue weighted by molar-refractivity contribution is 8.18. The Morgan fingerprint density at radius 1 is 1.14 bits per heavy atom. The third-order valence-corrected chi connectivity index (χ3v) is 5.78. The van der Waals surface area contributed by atoms with Crippen LogP contribution >= 0.6 is 35.0 Å². The molecule has 1 fully saturated rings. The molecular weight excluding hydrogens is 413 g/mol. The minimum Gasteiger partial charge on any atom is -0.378 e. The van der Waals surface area contributed by atoms with Crippen molar-refractivity contribution in [2.75, 3.05) is 25.5 Å². The summed E-state index contributed by atoms with van der Waals surface area (Å²) >= 11 is 13.4. The molecule has 28 heavy (non-hydrogen) atoms. The molecule has 1 amide bonds. The molecule has 1 aliphatic heterocycles. The first-order valence-corrected chi connectivity index (χ1v) is 10.1. The zero-order valence-corrected chi connectivity index (χ0v) is 17.9.